The van der Waals surface area contributed by atoms with Gasteiger partial charge in [0.2, 0.25) is 5.91 Å². The molecule has 1 aromatic carbocycles. The first-order chi connectivity index (χ1) is 14.6. The van der Waals surface area contributed by atoms with Gasteiger partial charge in [0.25, 0.3) is 0 Å². The number of amides is 1. The number of nitrogens with zero attached hydrogens (tertiary/aromatic N) is 4. The van der Waals surface area contributed by atoms with E-state index in [1.165, 1.54) is 11.6 Å². The summed E-state index contributed by atoms with van der Waals surface area (Å²) in [7, 11) is 0. The molecule has 6 nitrogen and oxygen atoms in total. The van der Waals surface area contributed by atoms with Crippen molar-refractivity contribution in [3.05, 3.63) is 63.0 Å². The van der Waals surface area contributed by atoms with Gasteiger partial charge in [-0.05, 0) is 53.4 Å². The highest BCUT2D eigenvalue weighted by atomic mass is 79.9. The van der Waals surface area contributed by atoms with Gasteiger partial charge >= 0.3 is 6.18 Å². The average Bonchev–Trinajstić information content (AvgIpc) is 3.35. The number of alkyl halides is 3. The van der Waals surface area contributed by atoms with Gasteiger partial charge in [-0.25, -0.2) is 0 Å². The topological polar surface area (TPSA) is 64.7 Å². The van der Waals surface area contributed by atoms with Gasteiger partial charge in [-0.15, -0.1) is 0 Å². The van der Waals surface area contributed by atoms with Gasteiger partial charge in [0.15, 0.2) is 11.5 Å². The lowest BCUT2D eigenvalue weighted by atomic mass is 10.2. The summed E-state index contributed by atoms with van der Waals surface area (Å²) < 4.78 is 42.7. The fraction of sp³-hybridized carbons (Fsp3) is 0.350. The van der Waals surface area contributed by atoms with Gasteiger partial charge < -0.3 is 5.32 Å². The minimum Gasteiger partial charge on any atom is -0.306 e. The summed E-state index contributed by atoms with van der Waals surface area (Å²) >= 11 is 9.54. The van der Waals surface area contributed by atoms with E-state index in [2.05, 4.69) is 31.4 Å². The molecule has 3 aromatic rings. The lowest BCUT2D eigenvalue weighted by Crippen LogP contribution is -2.26. The highest BCUT2D eigenvalue weighted by molar-refractivity contribution is 9.10. The molecule has 1 N–H and O–H groups in total. The van der Waals surface area contributed by atoms with Crippen LogP contribution in [-0.4, -0.2) is 25.5 Å². The molecule has 1 atom stereocenters. The molecule has 31 heavy (non-hydrogen) atoms. The molecule has 164 valence electrons. The molecular formula is C20H18BrClF3N5O. The van der Waals surface area contributed by atoms with Gasteiger partial charge in [0.1, 0.15) is 6.04 Å². The minimum atomic E-state index is -4.56. The van der Waals surface area contributed by atoms with Crippen LogP contribution >= 0.6 is 27.5 Å². The third-order valence-electron chi connectivity index (χ3n) is 5.05. The summed E-state index contributed by atoms with van der Waals surface area (Å²) in [6, 6.07) is 7.43. The Kier molecular flexibility index (Phi) is 5.87. The minimum absolute atomic E-state index is 0.000385. The molecule has 2 heterocycles. The first kappa shape index (κ1) is 21.9. The Hall–Kier alpha value is -2.33. The van der Waals surface area contributed by atoms with Crippen molar-refractivity contribution in [2.24, 2.45) is 0 Å². The number of rotatable bonds is 6. The van der Waals surface area contributed by atoms with E-state index in [-0.39, 0.29) is 11.7 Å². The van der Waals surface area contributed by atoms with Crippen LogP contribution in [0, 0.1) is 0 Å². The quantitative estimate of drug-likeness (QED) is 0.461. The predicted molar refractivity (Wildman–Crippen MR) is 113 cm³/mol. The second kappa shape index (κ2) is 8.31. The van der Waals surface area contributed by atoms with Crippen LogP contribution in [-0.2, 0) is 17.5 Å². The van der Waals surface area contributed by atoms with Crippen molar-refractivity contribution in [2.75, 3.05) is 5.32 Å². The zero-order chi connectivity index (χ0) is 22.3. The number of halogens is 5. The highest BCUT2D eigenvalue weighted by Crippen LogP contribution is 2.43. The van der Waals surface area contributed by atoms with Crippen molar-refractivity contribution < 1.29 is 18.0 Å². The van der Waals surface area contributed by atoms with Crippen molar-refractivity contribution in [3.8, 4) is 0 Å². The lowest BCUT2D eigenvalue weighted by Gasteiger charge is -2.15. The summed E-state index contributed by atoms with van der Waals surface area (Å²) in [6.45, 7) is 1.91. The van der Waals surface area contributed by atoms with E-state index >= 15 is 0 Å². The number of nitrogens with one attached hydrogen (secondary N) is 1. The number of benzene rings is 1. The molecule has 0 bridgehead atoms. The van der Waals surface area contributed by atoms with Crippen LogP contribution in [0.5, 0.6) is 0 Å². The molecule has 4 rings (SSSR count). The molecule has 1 fully saturated rings. The Balaban J connectivity index is 1.52. The van der Waals surface area contributed by atoms with E-state index in [0.717, 1.165) is 24.5 Å². The van der Waals surface area contributed by atoms with E-state index in [4.69, 9.17) is 11.6 Å². The maximum atomic E-state index is 13.1. The average molecular weight is 517 g/mol. The van der Waals surface area contributed by atoms with Crippen LogP contribution in [0.4, 0.5) is 19.0 Å². The molecule has 0 aliphatic heterocycles. The maximum absolute atomic E-state index is 13.1. The SMILES string of the molecule is CC(C(=O)Nc1nn(Cc2ccccc2Cl)cc1Br)n1nc(C(F)(F)F)cc1C1CC1. The summed E-state index contributed by atoms with van der Waals surface area (Å²) in [5, 5.41) is 11.3. The molecule has 1 aliphatic carbocycles. The van der Waals surface area contributed by atoms with E-state index < -0.39 is 23.8 Å². The zero-order valence-electron chi connectivity index (χ0n) is 16.3. The van der Waals surface area contributed by atoms with Crippen LogP contribution in [0.2, 0.25) is 5.02 Å². The number of carbonyl (C=O) groups is 1. The monoisotopic (exact) mass is 515 g/mol. The van der Waals surface area contributed by atoms with Crippen molar-refractivity contribution in [2.45, 2.75) is 44.4 Å². The number of carbonyl (C=O) groups excluding carboxylic acids is 1. The van der Waals surface area contributed by atoms with Gasteiger partial charge in [-0.2, -0.15) is 23.4 Å². The number of hydrogen-bond acceptors (Lipinski definition) is 3. The summed E-state index contributed by atoms with van der Waals surface area (Å²) in [5.74, 6) is -0.247. The Morgan fingerprint density at radius 3 is 2.68 bits per heavy atom. The van der Waals surface area contributed by atoms with E-state index in [9.17, 15) is 18.0 Å². The number of hydrogen-bond donors (Lipinski definition) is 1. The van der Waals surface area contributed by atoms with Crippen molar-refractivity contribution in [1.82, 2.24) is 19.6 Å². The third kappa shape index (κ3) is 4.79. The molecule has 1 unspecified atom stereocenters. The van der Waals surface area contributed by atoms with Crippen LogP contribution in [0.25, 0.3) is 0 Å². The lowest BCUT2D eigenvalue weighted by molar-refractivity contribution is -0.141. The Morgan fingerprint density at radius 1 is 1.32 bits per heavy atom. The molecule has 0 saturated heterocycles. The molecule has 0 radical (unpaired) electrons. The van der Waals surface area contributed by atoms with Crippen LogP contribution < -0.4 is 5.32 Å². The summed E-state index contributed by atoms with van der Waals surface area (Å²) in [5.41, 5.74) is 0.299. The largest absolute Gasteiger partial charge is 0.435 e. The number of aromatic nitrogens is 4. The highest BCUT2D eigenvalue weighted by Gasteiger charge is 2.39. The zero-order valence-corrected chi connectivity index (χ0v) is 18.7. The predicted octanol–water partition coefficient (Wildman–Crippen LogP) is 5.64. The van der Waals surface area contributed by atoms with E-state index in [0.29, 0.717) is 21.7 Å². The second-order valence-corrected chi connectivity index (χ2v) is 8.71. The standard InChI is InChI=1S/C20H18BrClF3N5O/c1-11(30-16(12-6-7-12)8-17(27-30)20(23,24)25)19(31)26-18-14(21)10-29(28-18)9-13-4-2-3-5-15(13)22/h2-5,8,10-12H,6-7,9H2,1H3,(H,26,28,31). The third-order valence-corrected chi connectivity index (χ3v) is 5.99. The Labute approximate surface area is 189 Å². The van der Waals surface area contributed by atoms with Gasteiger partial charge in [0.05, 0.1) is 11.0 Å². The Morgan fingerprint density at radius 2 is 2.03 bits per heavy atom. The smallest absolute Gasteiger partial charge is 0.306 e. The fourth-order valence-electron chi connectivity index (χ4n) is 3.24. The van der Waals surface area contributed by atoms with Crippen LogP contribution in [0.15, 0.2) is 41.0 Å². The van der Waals surface area contributed by atoms with Crippen molar-refractivity contribution >= 4 is 39.3 Å². The first-order valence-corrected chi connectivity index (χ1v) is 10.7. The summed E-state index contributed by atoms with van der Waals surface area (Å²) in [4.78, 5) is 12.8. The molecule has 0 spiro atoms. The second-order valence-electron chi connectivity index (χ2n) is 7.45. The molecule has 1 saturated carbocycles. The molecular weight excluding hydrogens is 499 g/mol. The van der Waals surface area contributed by atoms with Crippen LogP contribution in [0.1, 0.15) is 48.7 Å². The van der Waals surface area contributed by atoms with Crippen molar-refractivity contribution in [3.63, 3.8) is 0 Å². The Bertz CT molecular complexity index is 1120. The van der Waals surface area contributed by atoms with Gasteiger partial charge in [-0.3, -0.25) is 14.2 Å². The fourth-order valence-corrected chi connectivity index (χ4v) is 3.85. The molecule has 1 aliphatic rings. The number of anilines is 1. The van der Waals surface area contributed by atoms with Crippen molar-refractivity contribution in [1.29, 1.82) is 0 Å². The summed E-state index contributed by atoms with van der Waals surface area (Å²) in [6.07, 6.45) is -1.30. The normalized spacial score (nSPS) is 15.2. The van der Waals surface area contributed by atoms with Gasteiger partial charge in [0, 0.05) is 22.8 Å². The van der Waals surface area contributed by atoms with E-state index in [1.807, 2.05) is 18.2 Å². The molecule has 1 amide bonds. The molecule has 11 heteroatoms. The van der Waals surface area contributed by atoms with Crippen LogP contribution in [0.3, 0.4) is 0 Å². The van der Waals surface area contributed by atoms with E-state index in [1.54, 1.807) is 16.9 Å². The maximum Gasteiger partial charge on any atom is 0.435 e. The van der Waals surface area contributed by atoms with Gasteiger partial charge in [-0.1, -0.05) is 29.8 Å². The first-order valence-electron chi connectivity index (χ1n) is 9.57. The molecule has 2 aromatic heterocycles.